The zero-order chi connectivity index (χ0) is 23.1. The number of carbonyl (C=O) groups excluding carboxylic acids is 2. The van der Waals surface area contributed by atoms with Crippen molar-refractivity contribution in [1.29, 1.82) is 0 Å². The molecule has 0 N–H and O–H groups in total. The number of rotatable bonds is 9. The molecule has 0 aliphatic rings. The average molecular weight is 475 g/mol. The second-order valence-corrected chi connectivity index (χ2v) is 9.78. The average Bonchev–Trinajstić information content (AvgIpc) is 3.37. The van der Waals surface area contributed by atoms with Crippen molar-refractivity contribution in [2.45, 2.75) is 4.21 Å². The normalized spacial score (nSPS) is 10.9. The van der Waals surface area contributed by atoms with Gasteiger partial charge in [0.05, 0.1) is 5.69 Å². The SMILES string of the molecule is CN(C(=O)COC(=O)COc1ccc(N(C)S(=O)(=O)c2cccs2)cc1)c1ccccc1. The van der Waals surface area contributed by atoms with Crippen molar-refractivity contribution >= 4 is 44.6 Å². The number of ether oxygens (including phenoxy) is 2. The number of likely N-dealkylation sites (N-methyl/N-ethyl adjacent to an activating group) is 1. The van der Waals surface area contributed by atoms with E-state index in [1.165, 1.54) is 16.3 Å². The van der Waals surface area contributed by atoms with Crippen molar-refractivity contribution in [3.63, 3.8) is 0 Å². The Morgan fingerprint density at radius 2 is 1.56 bits per heavy atom. The molecule has 1 aromatic heterocycles. The lowest BCUT2D eigenvalue weighted by Crippen LogP contribution is -2.31. The van der Waals surface area contributed by atoms with Crippen molar-refractivity contribution < 1.29 is 27.5 Å². The summed E-state index contributed by atoms with van der Waals surface area (Å²) in [5.74, 6) is -0.703. The van der Waals surface area contributed by atoms with Crippen LogP contribution in [0.4, 0.5) is 11.4 Å². The molecule has 0 aliphatic heterocycles. The summed E-state index contributed by atoms with van der Waals surface area (Å²) in [5, 5.41) is 1.70. The van der Waals surface area contributed by atoms with E-state index in [1.807, 2.05) is 6.07 Å². The van der Waals surface area contributed by atoms with Gasteiger partial charge in [-0.3, -0.25) is 9.10 Å². The van der Waals surface area contributed by atoms with Crippen molar-refractivity contribution in [2.75, 3.05) is 36.5 Å². The molecule has 3 rings (SSSR count). The van der Waals surface area contributed by atoms with Crippen LogP contribution in [-0.4, -0.2) is 47.6 Å². The number of thiophene rings is 1. The second kappa shape index (κ2) is 10.3. The number of esters is 1. The number of amides is 1. The highest BCUT2D eigenvalue weighted by atomic mass is 32.2. The third-order valence-corrected chi connectivity index (χ3v) is 7.70. The van der Waals surface area contributed by atoms with Crippen LogP contribution in [0.25, 0.3) is 0 Å². The Morgan fingerprint density at radius 1 is 0.875 bits per heavy atom. The van der Waals surface area contributed by atoms with Gasteiger partial charge in [-0.1, -0.05) is 24.3 Å². The van der Waals surface area contributed by atoms with Gasteiger partial charge in [0.25, 0.3) is 15.9 Å². The minimum atomic E-state index is -3.63. The lowest BCUT2D eigenvalue weighted by Gasteiger charge is -2.19. The van der Waals surface area contributed by atoms with Crippen LogP contribution in [0.3, 0.4) is 0 Å². The fourth-order valence-electron chi connectivity index (χ4n) is 2.65. The summed E-state index contributed by atoms with van der Waals surface area (Å²) >= 11 is 1.14. The number of hydrogen-bond acceptors (Lipinski definition) is 7. The van der Waals surface area contributed by atoms with Crippen LogP contribution in [0.5, 0.6) is 5.75 Å². The van der Waals surface area contributed by atoms with Gasteiger partial charge in [-0.05, 0) is 47.8 Å². The summed E-state index contributed by atoms with van der Waals surface area (Å²) in [6, 6.07) is 18.5. The zero-order valence-corrected chi connectivity index (χ0v) is 19.1. The minimum Gasteiger partial charge on any atom is -0.482 e. The molecule has 0 aliphatic carbocycles. The highest BCUT2D eigenvalue weighted by molar-refractivity contribution is 7.94. The molecule has 0 bridgehead atoms. The van der Waals surface area contributed by atoms with Crippen molar-refractivity contribution in [2.24, 2.45) is 0 Å². The Bertz CT molecular complexity index is 1150. The van der Waals surface area contributed by atoms with Crippen molar-refractivity contribution in [3.05, 3.63) is 72.1 Å². The third-order valence-electron chi connectivity index (χ3n) is 4.54. The lowest BCUT2D eigenvalue weighted by atomic mass is 10.3. The van der Waals surface area contributed by atoms with Gasteiger partial charge in [-0.2, -0.15) is 0 Å². The molecule has 8 nitrogen and oxygen atoms in total. The van der Waals surface area contributed by atoms with E-state index in [0.717, 1.165) is 11.3 Å². The lowest BCUT2D eigenvalue weighted by molar-refractivity contribution is -0.149. The first-order chi connectivity index (χ1) is 15.3. The van der Waals surface area contributed by atoms with E-state index in [9.17, 15) is 18.0 Å². The van der Waals surface area contributed by atoms with Crippen LogP contribution in [-0.2, 0) is 24.3 Å². The number of para-hydroxylation sites is 1. The molecule has 1 amide bonds. The first kappa shape index (κ1) is 23.3. The highest BCUT2D eigenvalue weighted by Gasteiger charge is 2.22. The van der Waals surface area contributed by atoms with Gasteiger partial charge >= 0.3 is 5.97 Å². The number of nitrogens with zero attached hydrogens (tertiary/aromatic N) is 2. The molecular weight excluding hydrogens is 452 g/mol. The molecule has 1 heterocycles. The molecule has 0 saturated heterocycles. The van der Waals surface area contributed by atoms with Crippen molar-refractivity contribution in [3.8, 4) is 5.75 Å². The molecule has 2 aromatic carbocycles. The number of benzene rings is 2. The number of hydrogen-bond donors (Lipinski definition) is 0. The quantitative estimate of drug-likeness (QED) is 0.442. The second-order valence-electron chi connectivity index (χ2n) is 6.64. The Balaban J connectivity index is 1.48. The molecule has 0 radical (unpaired) electrons. The summed E-state index contributed by atoms with van der Waals surface area (Å²) < 4.78 is 36.9. The number of carbonyl (C=O) groups is 2. The molecule has 10 heteroatoms. The maximum absolute atomic E-state index is 12.6. The van der Waals surface area contributed by atoms with Gasteiger partial charge in [0, 0.05) is 19.8 Å². The molecular formula is C22H22N2O6S2. The topological polar surface area (TPSA) is 93.2 Å². The summed E-state index contributed by atoms with van der Waals surface area (Å²) in [6.45, 7) is -0.789. The molecule has 0 atom stereocenters. The molecule has 3 aromatic rings. The van der Waals surface area contributed by atoms with Crippen LogP contribution in [0.2, 0.25) is 0 Å². The van der Waals surface area contributed by atoms with E-state index in [1.54, 1.807) is 73.1 Å². The summed E-state index contributed by atoms with van der Waals surface area (Å²) in [5.41, 5.74) is 1.14. The molecule has 0 saturated carbocycles. The smallest absolute Gasteiger partial charge is 0.344 e. The predicted octanol–water partition coefficient (Wildman–Crippen LogP) is 3.16. The summed E-state index contributed by atoms with van der Waals surface area (Å²) in [6.07, 6.45) is 0. The zero-order valence-electron chi connectivity index (χ0n) is 17.5. The van der Waals surface area contributed by atoms with Crippen LogP contribution < -0.4 is 13.9 Å². The first-order valence-electron chi connectivity index (χ1n) is 9.51. The van der Waals surface area contributed by atoms with Gasteiger partial charge in [-0.15, -0.1) is 11.3 Å². The standard InChI is InChI=1S/C22H22N2O6S2/c1-23(17-7-4-3-5-8-17)20(25)15-30-21(26)16-29-19-12-10-18(11-13-19)24(2)32(27,28)22-9-6-14-31-22/h3-14H,15-16H2,1-2H3. The van der Waals surface area contributed by atoms with Crippen LogP contribution in [0.15, 0.2) is 76.3 Å². The van der Waals surface area contributed by atoms with E-state index < -0.39 is 22.6 Å². The largest absolute Gasteiger partial charge is 0.482 e. The van der Waals surface area contributed by atoms with E-state index in [2.05, 4.69) is 0 Å². The molecule has 32 heavy (non-hydrogen) atoms. The maximum atomic E-state index is 12.6. The molecule has 168 valence electrons. The minimum absolute atomic E-state index is 0.246. The highest BCUT2D eigenvalue weighted by Crippen LogP contribution is 2.26. The van der Waals surface area contributed by atoms with Crippen LogP contribution in [0.1, 0.15) is 0 Å². The van der Waals surface area contributed by atoms with E-state index in [0.29, 0.717) is 17.1 Å². The maximum Gasteiger partial charge on any atom is 0.344 e. The fraction of sp³-hybridized carbons (Fsp3) is 0.182. The van der Waals surface area contributed by atoms with Crippen LogP contribution in [0, 0.1) is 0 Å². The van der Waals surface area contributed by atoms with Crippen LogP contribution >= 0.6 is 11.3 Å². The van der Waals surface area contributed by atoms with Crippen molar-refractivity contribution in [1.82, 2.24) is 0 Å². The summed E-state index contributed by atoms with van der Waals surface area (Å²) in [4.78, 5) is 25.5. The Hall–Kier alpha value is -3.37. The van der Waals surface area contributed by atoms with Gasteiger partial charge < -0.3 is 14.4 Å². The summed E-state index contributed by atoms with van der Waals surface area (Å²) in [7, 11) is -0.568. The van der Waals surface area contributed by atoms with Gasteiger partial charge in [0.15, 0.2) is 13.2 Å². The van der Waals surface area contributed by atoms with Gasteiger partial charge in [0.2, 0.25) is 0 Å². The third kappa shape index (κ3) is 5.65. The predicted molar refractivity (Wildman–Crippen MR) is 123 cm³/mol. The molecule has 0 spiro atoms. The molecule has 0 fully saturated rings. The molecule has 0 unspecified atom stereocenters. The number of anilines is 2. The van der Waals surface area contributed by atoms with E-state index in [-0.39, 0.29) is 16.7 Å². The van der Waals surface area contributed by atoms with Gasteiger partial charge in [-0.25, -0.2) is 13.2 Å². The Labute approximate surface area is 190 Å². The first-order valence-corrected chi connectivity index (χ1v) is 11.8. The van der Waals surface area contributed by atoms with Gasteiger partial charge in [0.1, 0.15) is 9.96 Å². The Morgan fingerprint density at radius 3 is 2.19 bits per heavy atom. The number of sulfonamides is 1. The monoisotopic (exact) mass is 474 g/mol. The van der Waals surface area contributed by atoms with E-state index >= 15 is 0 Å². The van der Waals surface area contributed by atoms with E-state index in [4.69, 9.17) is 9.47 Å². The Kier molecular flexibility index (Phi) is 7.49. The fourth-order valence-corrected chi connectivity index (χ4v) is 5.01.